The Morgan fingerprint density at radius 3 is 2.65 bits per heavy atom. The van der Waals surface area contributed by atoms with E-state index >= 15 is 0 Å². The Hall–Kier alpha value is -2.81. The summed E-state index contributed by atoms with van der Waals surface area (Å²) in [7, 11) is 2.64. The topological polar surface area (TPSA) is 129 Å². The number of nitrogens with zero attached hydrogens (tertiary/aromatic N) is 2. The molecule has 0 fully saturated rings. The smallest absolute Gasteiger partial charge is 0.343 e. The fourth-order valence-corrected chi connectivity index (χ4v) is 2.06. The number of halogens is 1. The lowest BCUT2D eigenvalue weighted by Crippen LogP contribution is -2.13. The van der Waals surface area contributed by atoms with E-state index in [-0.39, 0.29) is 34.5 Å². The van der Waals surface area contributed by atoms with Crippen LogP contribution in [0.15, 0.2) is 12.1 Å². The molecule has 1 heterocycles. The number of primary amides is 1. The van der Waals surface area contributed by atoms with Crippen LogP contribution in [-0.2, 0) is 9.53 Å². The summed E-state index contributed by atoms with van der Waals surface area (Å²) in [5.74, 6) is -0.906. The van der Waals surface area contributed by atoms with Gasteiger partial charge in [-0.25, -0.2) is 4.79 Å². The van der Waals surface area contributed by atoms with Crippen LogP contribution in [0.3, 0.4) is 0 Å². The predicted molar refractivity (Wildman–Crippen MR) is 79.4 cm³/mol. The molecule has 0 unspecified atom stereocenters. The summed E-state index contributed by atoms with van der Waals surface area (Å²) < 4.78 is 15.0. The SMILES string of the molecule is COC(=O)COc1c(Cl)cc(-c2n[nH]nc2C(N)=O)cc1OC. The molecule has 0 bridgehead atoms. The summed E-state index contributed by atoms with van der Waals surface area (Å²) in [5, 5.41) is 10.0. The molecule has 0 aliphatic heterocycles. The van der Waals surface area contributed by atoms with E-state index in [1.54, 1.807) is 0 Å². The van der Waals surface area contributed by atoms with Gasteiger partial charge in [-0.05, 0) is 12.1 Å². The quantitative estimate of drug-likeness (QED) is 0.743. The van der Waals surface area contributed by atoms with Crippen LogP contribution in [0.1, 0.15) is 10.5 Å². The number of benzene rings is 1. The highest BCUT2D eigenvalue weighted by atomic mass is 35.5. The van der Waals surface area contributed by atoms with Crippen LogP contribution < -0.4 is 15.2 Å². The number of amides is 1. The number of aromatic amines is 1. The summed E-state index contributed by atoms with van der Waals surface area (Å²) in [4.78, 5) is 22.5. The second-order valence-corrected chi connectivity index (χ2v) is 4.65. The average molecular weight is 341 g/mol. The van der Waals surface area contributed by atoms with Gasteiger partial charge in [0.2, 0.25) is 0 Å². The zero-order valence-electron chi connectivity index (χ0n) is 12.3. The Bertz CT molecular complexity index is 746. The number of hydrogen-bond acceptors (Lipinski definition) is 7. The van der Waals surface area contributed by atoms with E-state index in [1.165, 1.54) is 26.4 Å². The summed E-state index contributed by atoms with van der Waals surface area (Å²) in [6.45, 7) is -0.331. The van der Waals surface area contributed by atoms with Crippen molar-refractivity contribution in [2.45, 2.75) is 0 Å². The van der Waals surface area contributed by atoms with Crippen LogP contribution >= 0.6 is 11.6 Å². The van der Waals surface area contributed by atoms with Crippen molar-refractivity contribution in [1.29, 1.82) is 0 Å². The molecule has 122 valence electrons. The van der Waals surface area contributed by atoms with Crippen LogP contribution in [0.2, 0.25) is 5.02 Å². The number of carbonyl (C=O) groups is 2. The number of ether oxygens (including phenoxy) is 3. The van der Waals surface area contributed by atoms with Crippen molar-refractivity contribution >= 4 is 23.5 Å². The maximum absolute atomic E-state index is 11.3. The van der Waals surface area contributed by atoms with Crippen LogP contribution in [0.5, 0.6) is 11.5 Å². The molecule has 3 N–H and O–H groups in total. The molecule has 0 aliphatic rings. The Kier molecular flexibility index (Phi) is 5.02. The first kappa shape index (κ1) is 16.6. The molecular weight excluding hydrogens is 328 g/mol. The summed E-state index contributed by atoms with van der Waals surface area (Å²) in [5.41, 5.74) is 5.86. The normalized spacial score (nSPS) is 10.2. The second kappa shape index (κ2) is 6.97. The van der Waals surface area contributed by atoms with Gasteiger partial charge >= 0.3 is 5.97 Å². The molecule has 9 nitrogen and oxygen atoms in total. The maximum Gasteiger partial charge on any atom is 0.343 e. The van der Waals surface area contributed by atoms with Gasteiger partial charge in [-0.15, -0.1) is 0 Å². The molecule has 2 aromatic rings. The fraction of sp³-hybridized carbons (Fsp3) is 0.231. The van der Waals surface area contributed by atoms with Crippen molar-refractivity contribution in [3.8, 4) is 22.8 Å². The highest BCUT2D eigenvalue weighted by Gasteiger charge is 2.20. The lowest BCUT2D eigenvalue weighted by molar-refractivity contribution is -0.142. The second-order valence-electron chi connectivity index (χ2n) is 4.24. The van der Waals surface area contributed by atoms with Crippen molar-refractivity contribution in [3.63, 3.8) is 0 Å². The van der Waals surface area contributed by atoms with Crippen LogP contribution in [0, 0.1) is 0 Å². The van der Waals surface area contributed by atoms with E-state index in [0.29, 0.717) is 5.56 Å². The van der Waals surface area contributed by atoms with Crippen molar-refractivity contribution in [2.75, 3.05) is 20.8 Å². The minimum absolute atomic E-state index is 0.0358. The van der Waals surface area contributed by atoms with Crippen molar-refractivity contribution in [1.82, 2.24) is 15.4 Å². The number of esters is 1. The molecule has 2 rings (SSSR count). The molecule has 1 aromatic heterocycles. The van der Waals surface area contributed by atoms with E-state index in [9.17, 15) is 9.59 Å². The van der Waals surface area contributed by atoms with Gasteiger partial charge in [-0.2, -0.15) is 15.4 Å². The van der Waals surface area contributed by atoms with Gasteiger partial charge in [0.25, 0.3) is 5.91 Å². The molecule has 23 heavy (non-hydrogen) atoms. The number of H-pyrrole nitrogens is 1. The molecule has 1 amide bonds. The number of nitrogens with one attached hydrogen (secondary N) is 1. The Labute approximate surface area is 135 Å². The van der Waals surface area contributed by atoms with Crippen LogP contribution in [-0.4, -0.2) is 48.1 Å². The first-order valence-electron chi connectivity index (χ1n) is 6.26. The van der Waals surface area contributed by atoms with Gasteiger partial charge in [-0.1, -0.05) is 11.6 Å². The molecular formula is C13H13ClN4O5. The van der Waals surface area contributed by atoms with E-state index in [0.717, 1.165) is 0 Å². The van der Waals surface area contributed by atoms with Gasteiger partial charge in [0, 0.05) is 5.56 Å². The number of aromatic nitrogens is 3. The summed E-state index contributed by atoms with van der Waals surface area (Å²) in [6, 6.07) is 3.02. The number of carbonyl (C=O) groups excluding carboxylic acids is 2. The van der Waals surface area contributed by atoms with E-state index in [1.807, 2.05) is 0 Å². The van der Waals surface area contributed by atoms with Gasteiger partial charge in [0.05, 0.1) is 19.2 Å². The van der Waals surface area contributed by atoms with Crippen molar-refractivity contribution in [3.05, 3.63) is 22.8 Å². The maximum atomic E-state index is 11.3. The molecule has 0 saturated carbocycles. The highest BCUT2D eigenvalue weighted by Crippen LogP contribution is 2.39. The number of nitrogens with two attached hydrogens (primary N) is 1. The third-order valence-electron chi connectivity index (χ3n) is 2.85. The zero-order valence-corrected chi connectivity index (χ0v) is 13.0. The lowest BCUT2D eigenvalue weighted by atomic mass is 10.1. The third kappa shape index (κ3) is 3.51. The summed E-state index contributed by atoms with van der Waals surface area (Å²) in [6.07, 6.45) is 0. The number of hydrogen-bond donors (Lipinski definition) is 2. The average Bonchev–Trinajstić information content (AvgIpc) is 3.02. The molecule has 1 aromatic carbocycles. The molecule has 0 saturated heterocycles. The lowest BCUT2D eigenvalue weighted by Gasteiger charge is -2.13. The molecule has 10 heteroatoms. The van der Waals surface area contributed by atoms with E-state index < -0.39 is 11.9 Å². The predicted octanol–water partition coefficient (Wildman–Crippen LogP) is 0.784. The first-order chi connectivity index (χ1) is 11.0. The zero-order chi connectivity index (χ0) is 17.0. The Morgan fingerprint density at radius 2 is 2.04 bits per heavy atom. The molecule has 0 spiro atoms. The first-order valence-corrected chi connectivity index (χ1v) is 6.63. The monoisotopic (exact) mass is 340 g/mol. The van der Waals surface area contributed by atoms with E-state index in [2.05, 4.69) is 20.1 Å². The standard InChI is InChI=1S/C13H13ClN4O5/c1-21-8-4-6(10-11(13(15)20)17-18-16-10)3-7(14)12(8)23-5-9(19)22-2/h3-4H,5H2,1-2H3,(H2,15,20)(H,16,17,18). The van der Waals surface area contributed by atoms with Gasteiger partial charge < -0.3 is 19.9 Å². The van der Waals surface area contributed by atoms with Gasteiger partial charge in [0.15, 0.2) is 23.8 Å². The minimum atomic E-state index is -0.741. The Balaban J connectivity index is 2.41. The third-order valence-corrected chi connectivity index (χ3v) is 3.13. The highest BCUT2D eigenvalue weighted by molar-refractivity contribution is 6.32. The molecule has 0 atom stereocenters. The van der Waals surface area contributed by atoms with Crippen LogP contribution in [0.25, 0.3) is 11.3 Å². The number of rotatable bonds is 6. The van der Waals surface area contributed by atoms with Crippen LogP contribution in [0.4, 0.5) is 0 Å². The Morgan fingerprint density at radius 1 is 1.30 bits per heavy atom. The largest absolute Gasteiger partial charge is 0.493 e. The van der Waals surface area contributed by atoms with Crippen molar-refractivity contribution in [2.24, 2.45) is 5.73 Å². The van der Waals surface area contributed by atoms with Gasteiger partial charge in [-0.3, -0.25) is 4.79 Å². The fourth-order valence-electron chi connectivity index (χ4n) is 1.79. The number of methoxy groups -OCH3 is 2. The minimum Gasteiger partial charge on any atom is -0.493 e. The van der Waals surface area contributed by atoms with Gasteiger partial charge in [0.1, 0.15) is 5.69 Å². The summed E-state index contributed by atoms with van der Waals surface area (Å²) >= 11 is 6.16. The van der Waals surface area contributed by atoms with Crippen molar-refractivity contribution < 1.29 is 23.8 Å². The van der Waals surface area contributed by atoms with E-state index in [4.69, 9.17) is 26.8 Å². The molecule has 0 aliphatic carbocycles. The molecule has 0 radical (unpaired) electrons.